The molecule has 2 heterocycles. The van der Waals surface area contributed by atoms with Crippen LogP contribution < -0.4 is 15.8 Å². The van der Waals surface area contributed by atoms with Crippen molar-refractivity contribution in [2.75, 3.05) is 18.2 Å². The summed E-state index contributed by atoms with van der Waals surface area (Å²) in [6, 6.07) is 16.8. The molecule has 0 fully saturated rings. The van der Waals surface area contributed by atoms with Crippen LogP contribution in [-0.4, -0.2) is 18.0 Å². The molecule has 178 valence electrons. The molecule has 1 aliphatic rings. The van der Waals surface area contributed by atoms with Gasteiger partial charge in [-0.25, -0.2) is 4.98 Å². The minimum atomic E-state index is -0.426. The first-order valence-electron chi connectivity index (χ1n) is 11.0. The lowest BCUT2D eigenvalue weighted by Gasteiger charge is -2.09. The number of aromatic nitrogens is 1. The number of nitrogens with zero attached hydrogens (tertiary/aromatic N) is 2. The molecular weight excluding hydrogens is 480 g/mol. The molecule has 35 heavy (non-hydrogen) atoms. The number of nitrogen functional groups attached to an aromatic ring is 1. The fourth-order valence-corrected chi connectivity index (χ4v) is 5.19. The second-order valence-electron chi connectivity index (χ2n) is 7.80. The zero-order chi connectivity index (χ0) is 24.8. The predicted octanol–water partition coefficient (Wildman–Crippen LogP) is 5.97. The number of thiol groups is 1. The summed E-state index contributed by atoms with van der Waals surface area (Å²) in [5, 5.41) is 12.3. The number of rotatable bonds is 4. The summed E-state index contributed by atoms with van der Waals surface area (Å²) in [5.41, 5.74) is 9.15. The number of hydrogen-bond donors (Lipinski definition) is 3. The second-order valence-corrected chi connectivity index (χ2v) is 9.42. The largest absolute Gasteiger partial charge is 0.496 e. The molecule has 0 aliphatic heterocycles. The third-order valence-electron chi connectivity index (χ3n) is 5.51. The zero-order valence-corrected chi connectivity index (χ0v) is 20.8. The third kappa shape index (κ3) is 5.67. The summed E-state index contributed by atoms with van der Waals surface area (Å²) in [6.45, 7) is 0. The molecule has 3 N–H and O–H groups in total. The van der Waals surface area contributed by atoms with Crippen LogP contribution in [-0.2, 0) is 12.8 Å². The average molecular weight is 505 g/mol. The minimum Gasteiger partial charge on any atom is -0.496 e. The Morgan fingerprint density at radius 3 is 2.71 bits per heavy atom. The highest BCUT2D eigenvalue weighted by atomic mass is 32.1. The van der Waals surface area contributed by atoms with Gasteiger partial charge in [-0.05, 0) is 49.4 Å². The lowest BCUT2D eigenvalue weighted by Crippen LogP contribution is -2.12. The van der Waals surface area contributed by atoms with E-state index in [0.717, 1.165) is 24.0 Å². The van der Waals surface area contributed by atoms with Gasteiger partial charge in [0, 0.05) is 21.0 Å². The molecule has 4 aromatic rings. The maximum atomic E-state index is 12.2. The summed E-state index contributed by atoms with van der Waals surface area (Å²) in [7, 11) is 1.56. The normalized spacial score (nSPS) is 12.0. The van der Waals surface area contributed by atoms with Gasteiger partial charge in [0.2, 0.25) is 0 Å². The first kappa shape index (κ1) is 24.4. The number of ether oxygens (including phenoxy) is 1. The number of amides is 1. The molecule has 0 unspecified atom stereocenters. The Labute approximate surface area is 213 Å². The van der Waals surface area contributed by atoms with Gasteiger partial charge in [0.25, 0.3) is 5.89 Å². The fraction of sp³-hybridized carbons (Fsp3) is 0.192. The number of oxazole rings is 1. The smallest absolute Gasteiger partial charge is 0.311 e. The molecule has 0 radical (unpaired) electrons. The summed E-state index contributed by atoms with van der Waals surface area (Å²) < 4.78 is 10.6. The van der Waals surface area contributed by atoms with Gasteiger partial charge in [-0.15, -0.1) is 24.0 Å². The lowest BCUT2D eigenvalue weighted by molar-refractivity contribution is 0.0991. The van der Waals surface area contributed by atoms with E-state index in [1.807, 2.05) is 30.3 Å². The van der Waals surface area contributed by atoms with Crippen LogP contribution in [0.5, 0.6) is 5.75 Å². The summed E-state index contributed by atoms with van der Waals surface area (Å²) in [6.07, 6.45) is 6.15. The summed E-state index contributed by atoms with van der Waals surface area (Å²) in [5.74, 6) is 0.750. The maximum absolute atomic E-state index is 12.2. The predicted molar refractivity (Wildman–Crippen MR) is 140 cm³/mol. The Morgan fingerprint density at radius 2 is 2.00 bits per heavy atom. The number of nitriles is 1. The van der Waals surface area contributed by atoms with Crippen molar-refractivity contribution in [2.24, 2.45) is 0 Å². The SMILES string of the molecule is COc1ccc(NC(=O)c2ncc(-c3ccccc3)o2)cc1S.N#Cc1c(N)sc2c1CCCC2. The van der Waals surface area contributed by atoms with Crippen LogP contribution in [0.1, 0.15) is 39.5 Å². The number of methoxy groups -OCH3 is 1. The van der Waals surface area contributed by atoms with Crippen molar-refractivity contribution in [3.05, 3.63) is 76.6 Å². The van der Waals surface area contributed by atoms with Gasteiger partial charge in [0.15, 0.2) is 5.76 Å². The van der Waals surface area contributed by atoms with E-state index < -0.39 is 5.91 Å². The molecule has 1 amide bonds. The van der Waals surface area contributed by atoms with Crippen LogP contribution in [0.25, 0.3) is 11.3 Å². The number of aryl methyl sites for hydroxylation is 1. The average Bonchev–Trinajstić information content (AvgIpc) is 3.49. The Bertz CT molecular complexity index is 1370. The van der Waals surface area contributed by atoms with Crippen LogP contribution in [0.2, 0.25) is 0 Å². The number of nitrogens with two attached hydrogens (primary N) is 1. The van der Waals surface area contributed by atoms with Crippen molar-refractivity contribution in [1.29, 1.82) is 5.26 Å². The third-order valence-corrected chi connectivity index (χ3v) is 6.98. The van der Waals surface area contributed by atoms with Gasteiger partial charge in [-0.2, -0.15) is 5.26 Å². The number of anilines is 2. The van der Waals surface area contributed by atoms with Crippen LogP contribution >= 0.6 is 24.0 Å². The number of hydrogen-bond acceptors (Lipinski definition) is 8. The Kier molecular flexibility index (Phi) is 7.75. The standard InChI is InChI=1S/C17H14N2O3S.C9H10N2S/c1-21-13-8-7-12(9-15(13)23)19-16(20)17-18-10-14(22-17)11-5-3-2-4-6-11;10-5-7-6-3-1-2-4-8(6)12-9(7)11/h2-10,23H,1H3,(H,19,20);1-4,11H2. The van der Waals surface area contributed by atoms with Gasteiger partial charge in [-0.3, -0.25) is 4.79 Å². The molecule has 0 bridgehead atoms. The molecule has 2 aromatic heterocycles. The topological polar surface area (TPSA) is 114 Å². The van der Waals surface area contributed by atoms with E-state index in [9.17, 15) is 4.79 Å². The summed E-state index contributed by atoms with van der Waals surface area (Å²) in [4.78, 5) is 18.2. The zero-order valence-electron chi connectivity index (χ0n) is 19.1. The minimum absolute atomic E-state index is 0.000357. The highest BCUT2D eigenvalue weighted by Gasteiger charge is 2.18. The van der Waals surface area contributed by atoms with Crippen LogP contribution in [0.4, 0.5) is 10.7 Å². The number of benzene rings is 2. The molecule has 7 nitrogen and oxygen atoms in total. The molecule has 9 heteroatoms. The fourth-order valence-electron chi connectivity index (χ4n) is 3.78. The summed E-state index contributed by atoms with van der Waals surface area (Å²) >= 11 is 5.89. The molecule has 2 aromatic carbocycles. The maximum Gasteiger partial charge on any atom is 0.311 e. The number of fused-ring (bicyclic) bond motifs is 1. The van der Waals surface area contributed by atoms with E-state index in [4.69, 9.17) is 20.1 Å². The monoisotopic (exact) mass is 504 g/mol. The van der Waals surface area contributed by atoms with Gasteiger partial charge < -0.3 is 20.2 Å². The molecule has 0 saturated heterocycles. The number of carbonyl (C=O) groups excluding carboxylic acids is 1. The highest BCUT2D eigenvalue weighted by Crippen LogP contribution is 2.35. The van der Waals surface area contributed by atoms with E-state index in [-0.39, 0.29) is 5.89 Å². The van der Waals surface area contributed by atoms with E-state index in [1.54, 1.807) is 36.6 Å². The molecule has 0 saturated carbocycles. The quantitative estimate of drug-likeness (QED) is 0.295. The molecule has 0 atom stereocenters. The van der Waals surface area contributed by atoms with Gasteiger partial charge in [0.05, 0.1) is 18.9 Å². The number of nitrogens with one attached hydrogen (secondary N) is 1. The van der Waals surface area contributed by atoms with Crippen molar-refractivity contribution in [3.8, 4) is 23.1 Å². The van der Waals surface area contributed by atoms with Crippen molar-refractivity contribution in [1.82, 2.24) is 4.98 Å². The molecule has 0 spiro atoms. The molecular formula is C26H24N4O3S2. The van der Waals surface area contributed by atoms with Crippen molar-refractivity contribution < 1.29 is 13.9 Å². The lowest BCUT2D eigenvalue weighted by atomic mass is 9.96. The van der Waals surface area contributed by atoms with Crippen molar-refractivity contribution in [3.63, 3.8) is 0 Å². The number of carbonyl (C=O) groups is 1. The molecule has 5 rings (SSSR count). The second kappa shape index (κ2) is 11.1. The Balaban J connectivity index is 0.000000201. The molecule has 1 aliphatic carbocycles. The highest BCUT2D eigenvalue weighted by molar-refractivity contribution is 7.80. The van der Waals surface area contributed by atoms with Crippen molar-refractivity contribution >= 4 is 40.6 Å². The van der Waals surface area contributed by atoms with E-state index in [0.29, 0.717) is 27.1 Å². The number of thiophene rings is 1. The first-order valence-corrected chi connectivity index (χ1v) is 12.3. The van der Waals surface area contributed by atoms with E-state index in [2.05, 4.69) is 29.0 Å². The van der Waals surface area contributed by atoms with Gasteiger partial charge in [-0.1, -0.05) is 30.3 Å². The van der Waals surface area contributed by atoms with Crippen LogP contribution in [0, 0.1) is 11.3 Å². The Morgan fingerprint density at radius 1 is 1.23 bits per heavy atom. The van der Waals surface area contributed by atoms with Crippen molar-refractivity contribution in [2.45, 2.75) is 30.6 Å². The van der Waals surface area contributed by atoms with Gasteiger partial charge in [0.1, 0.15) is 16.8 Å². The Hall–Kier alpha value is -3.74. The van der Waals surface area contributed by atoms with Gasteiger partial charge >= 0.3 is 5.91 Å². The van der Waals surface area contributed by atoms with E-state index in [1.165, 1.54) is 29.5 Å². The van der Waals surface area contributed by atoms with Crippen LogP contribution in [0.15, 0.2) is 64.0 Å². The van der Waals surface area contributed by atoms with E-state index >= 15 is 0 Å². The van der Waals surface area contributed by atoms with Crippen LogP contribution in [0.3, 0.4) is 0 Å². The first-order chi connectivity index (χ1) is 17.0.